The Balaban J connectivity index is 2.44. The minimum Gasteiger partial charge on any atom is -0.374 e. The number of halogens is 2. The molecule has 0 unspecified atom stereocenters. The number of ether oxygens (including phenoxy) is 2. The van der Waals surface area contributed by atoms with Crippen molar-refractivity contribution < 1.29 is 9.47 Å². The van der Waals surface area contributed by atoms with Gasteiger partial charge in [-0.3, -0.25) is 0 Å². The summed E-state index contributed by atoms with van der Waals surface area (Å²) in [5.41, 5.74) is 2.13. The first kappa shape index (κ1) is 15.7. The molecule has 0 fully saturated rings. The fourth-order valence-corrected chi connectivity index (χ4v) is 3.26. The van der Waals surface area contributed by atoms with Crippen LogP contribution in [-0.4, -0.2) is 14.2 Å². The molecule has 0 spiro atoms. The fourth-order valence-electron chi connectivity index (χ4n) is 2.24. The second kappa shape index (κ2) is 7.36. The monoisotopic (exact) mass is 398 g/mol. The van der Waals surface area contributed by atoms with Crippen LogP contribution in [-0.2, 0) is 9.47 Å². The lowest BCUT2D eigenvalue weighted by Crippen LogP contribution is -2.16. The second-order valence-corrected chi connectivity index (χ2v) is 6.06. The minimum atomic E-state index is -0.186. The van der Waals surface area contributed by atoms with E-state index in [1.54, 1.807) is 14.2 Å². The van der Waals surface area contributed by atoms with Crippen LogP contribution in [0.5, 0.6) is 0 Å². The van der Waals surface area contributed by atoms with E-state index in [0.717, 1.165) is 20.1 Å². The molecular formula is C16H16Br2O2. The van der Waals surface area contributed by atoms with E-state index in [4.69, 9.17) is 9.47 Å². The molecule has 2 aromatic carbocycles. The largest absolute Gasteiger partial charge is 0.374 e. The Bertz CT molecular complexity index is 520. The maximum absolute atomic E-state index is 5.70. The van der Waals surface area contributed by atoms with Gasteiger partial charge >= 0.3 is 0 Å². The van der Waals surface area contributed by atoms with Crippen LogP contribution in [0.15, 0.2) is 57.5 Å². The molecule has 0 saturated carbocycles. The third kappa shape index (κ3) is 3.31. The lowest BCUT2D eigenvalue weighted by molar-refractivity contribution is -0.0404. The van der Waals surface area contributed by atoms with Gasteiger partial charge in [-0.1, -0.05) is 68.3 Å². The van der Waals surface area contributed by atoms with Crippen molar-refractivity contribution in [3.63, 3.8) is 0 Å². The van der Waals surface area contributed by atoms with Crippen molar-refractivity contribution in [1.82, 2.24) is 0 Å². The van der Waals surface area contributed by atoms with Gasteiger partial charge in [-0.05, 0) is 23.3 Å². The van der Waals surface area contributed by atoms with Crippen LogP contribution in [0, 0.1) is 0 Å². The summed E-state index contributed by atoms with van der Waals surface area (Å²) in [4.78, 5) is 0. The first-order valence-electron chi connectivity index (χ1n) is 6.23. The third-order valence-corrected chi connectivity index (χ3v) is 4.65. The molecule has 2 nitrogen and oxygen atoms in total. The van der Waals surface area contributed by atoms with Crippen molar-refractivity contribution in [2.75, 3.05) is 14.2 Å². The highest BCUT2D eigenvalue weighted by molar-refractivity contribution is 9.10. The zero-order chi connectivity index (χ0) is 14.5. The summed E-state index contributed by atoms with van der Waals surface area (Å²) in [5.74, 6) is 0. The van der Waals surface area contributed by atoms with Crippen LogP contribution < -0.4 is 0 Å². The van der Waals surface area contributed by atoms with Gasteiger partial charge in [-0.2, -0.15) is 0 Å². The topological polar surface area (TPSA) is 18.5 Å². The molecule has 20 heavy (non-hydrogen) atoms. The fraction of sp³-hybridized carbons (Fsp3) is 0.250. The molecule has 4 heteroatoms. The van der Waals surface area contributed by atoms with Gasteiger partial charge in [0.1, 0.15) is 12.2 Å². The van der Waals surface area contributed by atoms with Gasteiger partial charge < -0.3 is 9.47 Å². The highest BCUT2D eigenvalue weighted by Gasteiger charge is 2.27. The van der Waals surface area contributed by atoms with E-state index in [1.807, 2.05) is 48.5 Å². The first-order chi connectivity index (χ1) is 9.69. The maximum atomic E-state index is 5.70. The summed E-state index contributed by atoms with van der Waals surface area (Å²) in [7, 11) is 3.40. The Morgan fingerprint density at radius 1 is 0.700 bits per heavy atom. The Morgan fingerprint density at radius 2 is 1.05 bits per heavy atom. The number of hydrogen-bond donors (Lipinski definition) is 0. The Hall–Kier alpha value is -0.680. The lowest BCUT2D eigenvalue weighted by Gasteiger charge is -2.27. The number of rotatable bonds is 5. The van der Waals surface area contributed by atoms with Crippen LogP contribution in [0.3, 0.4) is 0 Å². The van der Waals surface area contributed by atoms with Crippen LogP contribution in [0.1, 0.15) is 23.3 Å². The molecule has 0 radical (unpaired) electrons. The summed E-state index contributed by atoms with van der Waals surface area (Å²) in [6.07, 6.45) is -0.372. The molecule has 2 atom stereocenters. The van der Waals surface area contributed by atoms with E-state index in [9.17, 15) is 0 Å². The van der Waals surface area contributed by atoms with Gasteiger partial charge in [0.2, 0.25) is 0 Å². The normalized spacial score (nSPS) is 14.0. The standard InChI is InChI=1S/C16H16Br2O2/c1-19-15(11-7-3-5-9-13(11)17)16(20-2)12-8-4-6-10-14(12)18/h3-10,15-16H,1-2H3/t15-,16+. The predicted octanol–water partition coefficient (Wildman–Crippen LogP) is 5.29. The highest BCUT2D eigenvalue weighted by atomic mass is 79.9. The van der Waals surface area contributed by atoms with Gasteiger partial charge in [-0.25, -0.2) is 0 Å². The zero-order valence-electron chi connectivity index (χ0n) is 11.3. The van der Waals surface area contributed by atoms with Gasteiger partial charge in [0.25, 0.3) is 0 Å². The molecule has 2 aromatic rings. The number of methoxy groups -OCH3 is 2. The van der Waals surface area contributed by atoms with Crippen LogP contribution >= 0.6 is 31.9 Å². The molecule has 0 aromatic heterocycles. The number of hydrogen-bond acceptors (Lipinski definition) is 2. The summed E-state index contributed by atoms with van der Waals surface area (Å²) < 4.78 is 13.4. The molecule has 0 aliphatic heterocycles. The quantitative estimate of drug-likeness (QED) is 0.680. The van der Waals surface area contributed by atoms with E-state index < -0.39 is 0 Å². The summed E-state index contributed by atoms with van der Waals surface area (Å²) in [6, 6.07) is 16.1. The van der Waals surface area contributed by atoms with E-state index in [-0.39, 0.29) is 12.2 Å². The van der Waals surface area contributed by atoms with Crippen molar-refractivity contribution in [3.8, 4) is 0 Å². The number of benzene rings is 2. The summed E-state index contributed by atoms with van der Waals surface area (Å²) in [5, 5.41) is 0. The molecule has 2 rings (SSSR count). The molecule has 106 valence electrons. The Labute approximate surface area is 136 Å². The SMILES string of the molecule is CO[C@H](c1ccccc1Br)[C@@H](OC)c1ccccc1Br. The molecule has 0 aliphatic carbocycles. The van der Waals surface area contributed by atoms with Crippen LogP contribution in [0.25, 0.3) is 0 Å². The van der Waals surface area contributed by atoms with Crippen molar-refractivity contribution in [2.45, 2.75) is 12.2 Å². The van der Waals surface area contributed by atoms with Gasteiger partial charge in [-0.15, -0.1) is 0 Å². The predicted molar refractivity (Wildman–Crippen MR) is 87.8 cm³/mol. The van der Waals surface area contributed by atoms with E-state index >= 15 is 0 Å². The van der Waals surface area contributed by atoms with E-state index in [2.05, 4.69) is 31.9 Å². The van der Waals surface area contributed by atoms with Crippen LogP contribution in [0.2, 0.25) is 0 Å². The second-order valence-electron chi connectivity index (χ2n) is 4.36. The maximum Gasteiger partial charge on any atom is 0.114 e. The Morgan fingerprint density at radius 3 is 1.35 bits per heavy atom. The first-order valence-corrected chi connectivity index (χ1v) is 7.82. The molecule has 0 bridgehead atoms. The zero-order valence-corrected chi connectivity index (χ0v) is 14.5. The van der Waals surface area contributed by atoms with Gasteiger partial charge in [0.15, 0.2) is 0 Å². The van der Waals surface area contributed by atoms with Gasteiger partial charge in [0, 0.05) is 23.2 Å². The average molecular weight is 400 g/mol. The lowest BCUT2D eigenvalue weighted by atomic mass is 9.98. The molecular weight excluding hydrogens is 384 g/mol. The Kier molecular flexibility index (Phi) is 5.78. The van der Waals surface area contributed by atoms with E-state index in [1.165, 1.54) is 0 Å². The average Bonchev–Trinajstić information content (AvgIpc) is 2.47. The molecule has 0 saturated heterocycles. The van der Waals surface area contributed by atoms with Crippen molar-refractivity contribution in [2.24, 2.45) is 0 Å². The summed E-state index contributed by atoms with van der Waals surface area (Å²) >= 11 is 7.16. The van der Waals surface area contributed by atoms with Crippen molar-refractivity contribution in [3.05, 3.63) is 68.6 Å². The highest BCUT2D eigenvalue weighted by Crippen LogP contribution is 2.39. The molecule has 0 aliphatic rings. The molecule has 0 heterocycles. The van der Waals surface area contributed by atoms with Crippen molar-refractivity contribution in [1.29, 1.82) is 0 Å². The third-order valence-electron chi connectivity index (χ3n) is 3.21. The minimum absolute atomic E-state index is 0.186. The van der Waals surface area contributed by atoms with Crippen molar-refractivity contribution >= 4 is 31.9 Å². The smallest absolute Gasteiger partial charge is 0.114 e. The van der Waals surface area contributed by atoms with Crippen LogP contribution in [0.4, 0.5) is 0 Å². The molecule has 0 N–H and O–H groups in total. The molecule has 0 amide bonds. The van der Waals surface area contributed by atoms with E-state index in [0.29, 0.717) is 0 Å². The summed E-state index contributed by atoms with van der Waals surface area (Å²) in [6.45, 7) is 0. The van der Waals surface area contributed by atoms with Gasteiger partial charge in [0.05, 0.1) is 0 Å².